The van der Waals surface area contributed by atoms with Gasteiger partial charge in [-0.25, -0.2) is 9.78 Å². The molecule has 4 atom stereocenters. The van der Waals surface area contributed by atoms with E-state index in [1.807, 2.05) is 18.2 Å². The molecule has 1 aromatic carbocycles. The first-order valence-corrected chi connectivity index (χ1v) is 14.4. The van der Waals surface area contributed by atoms with Gasteiger partial charge in [-0.1, -0.05) is 23.7 Å². The number of pyridine rings is 1. The van der Waals surface area contributed by atoms with E-state index >= 15 is 0 Å². The van der Waals surface area contributed by atoms with Crippen LogP contribution >= 0.6 is 22.9 Å². The fourth-order valence-electron chi connectivity index (χ4n) is 5.45. The predicted octanol–water partition coefficient (Wildman–Crippen LogP) is 5.66. The van der Waals surface area contributed by atoms with Crippen molar-refractivity contribution < 1.29 is 26.9 Å². The minimum Gasteiger partial charge on any atom is -0.477 e. The number of carbonyl (C=O) groups is 1. The third-order valence-electron chi connectivity index (χ3n) is 7.69. The van der Waals surface area contributed by atoms with Crippen LogP contribution in [0.2, 0.25) is 5.02 Å². The van der Waals surface area contributed by atoms with Gasteiger partial charge in [0.15, 0.2) is 11.5 Å². The van der Waals surface area contributed by atoms with Crippen LogP contribution in [0.5, 0.6) is 11.5 Å². The van der Waals surface area contributed by atoms with Crippen molar-refractivity contribution in [1.29, 1.82) is 0 Å². The van der Waals surface area contributed by atoms with E-state index in [1.165, 1.54) is 11.3 Å². The Morgan fingerprint density at radius 3 is 2.90 bits per heavy atom. The molecule has 3 aliphatic rings. The number of thiophene rings is 1. The molecule has 1 N–H and O–H groups in total. The number of rotatable bonds is 7. The van der Waals surface area contributed by atoms with E-state index in [4.69, 9.17) is 32.2 Å². The summed E-state index contributed by atoms with van der Waals surface area (Å²) in [6.07, 6.45) is 2.23. The van der Waals surface area contributed by atoms with E-state index in [9.17, 15) is 11.3 Å². The summed E-state index contributed by atoms with van der Waals surface area (Å²) < 4.78 is 38.9. The van der Waals surface area contributed by atoms with E-state index < -0.39 is 24.0 Å². The second-order valence-electron chi connectivity index (χ2n) is 10.4. The summed E-state index contributed by atoms with van der Waals surface area (Å²) in [6, 6.07) is 10.7. The van der Waals surface area contributed by atoms with Crippen LogP contribution in [0.3, 0.4) is 0 Å². The number of fused-ring (bicyclic) bond motifs is 2. The van der Waals surface area contributed by atoms with Gasteiger partial charge in [0, 0.05) is 28.0 Å². The quantitative estimate of drug-likeness (QED) is 0.298. The van der Waals surface area contributed by atoms with Crippen LogP contribution in [0.1, 0.15) is 61.6 Å². The molecule has 2 saturated heterocycles. The molecule has 0 radical (unpaired) electrons. The van der Waals surface area contributed by atoms with Crippen molar-refractivity contribution in [3.05, 3.63) is 69.6 Å². The van der Waals surface area contributed by atoms with Crippen molar-refractivity contribution in [3.63, 3.8) is 0 Å². The van der Waals surface area contributed by atoms with Crippen molar-refractivity contribution >= 4 is 39.3 Å². The Morgan fingerprint density at radius 2 is 2.17 bits per heavy atom. The molecular formula is C29H29ClN4O5S. The molecular weight excluding hydrogens is 552 g/mol. The zero-order valence-electron chi connectivity index (χ0n) is 23.8. The Morgan fingerprint density at radius 1 is 1.30 bits per heavy atom. The summed E-state index contributed by atoms with van der Waals surface area (Å²) in [6.45, 7) is 4.57. The average molecular weight is 583 g/mol. The molecule has 11 heteroatoms. The monoisotopic (exact) mass is 582 g/mol. The predicted molar refractivity (Wildman–Crippen MR) is 150 cm³/mol. The Bertz CT molecular complexity index is 1680. The maximum Gasteiger partial charge on any atom is 0.346 e. The molecule has 0 aliphatic carbocycles. The normalized spacial score (nSPS) is 28.8. The fraction of sp³-hybridized carbons (Fsp3) is 0.414. The SMILES string of the molecule is [2H]C1CN(Cc2nc3sc(C(=O)O)cc3n2CC2CCO2)CCC1([2H])c1cccc2c1OC(C)(c1ccc(Cl)cn1)O2. The van der Waals surface area contributed by atoms with Gasteiger partial charge in [-0.15, -0.1) is 11.3 Å². The minimum atomic E-state index is -1.21. The van der Waals surface area contributed by atoms with Gasteiger partial charge in [0.25, 0.3) is 5.79 Å². The summed E-state index contributed by atoms with van der Waals surface area (Å²) in [5.74, 6) is -1.53. The standard InChI is InChI=1S/C29H29ClN4O5S/c1-29(24-6-5-18(30)14-31-24)38-22-4-2-3-20(26(22)39-29)17-7-10-33(11-8-17)16-25-32-27-21(13-23(40-27)28(35)36)34(25)15-19-9-12-37-19/h2-6,13-14,17,19H,7-12,15-16H2,1H3,(H,35,36)/i7D,17D. The van der Waals surface area contributed by atoms with Crippen LogP contribution in [0, 0.1) is 0 Å². The first-order valence-electron chi connectivity index (χ1n) is 14.3. The Balaban J connectivity index is 1.12. The zero-order chi connectivity index (χ0) is 29.2. The summed E-state index contributed by atoms with van der Waals surface area (Å²) in [5.41, 5.74) is 1.98. The smallest absolute Gasteiger partial charge is 0.346 e. The maximum atomic E-state index is 11.6. The number of likely N-dealkylation sites (tertiary alicyclic amines) is 1. The molecule has 0 saturated carbocycles. The number of ether oxygens (including phenoxy) is 3. The number of hydrogen-bond acceptors (Lipinski definition) is 8. The number of carboxylic acids is 1. The summed E-state index contributed by atoms with van der Waals surface area (Å²) in [5, 5.41) is 9.98. The van der Waals surface area contributed by atoms with Gasteiger partial charge >= 0.3 is 5.97 Å². The van der Waals surface area contributed by atoms with Crippen molar-refractivity contribution in [2.75, 3.05) is 19.7 Å². The fourth-order valence-corrected chi connectivity index (χ4v) is 6.45. The largest absolute Gasteiger partial charge is 0.477 e. The third kappa shape index (κ3) is 4.62. The van der Waals surface area contributed by atoms with E-state index in [2.05, 4.69) is 14.5 Å². The highest BCUT2D eigenvalue weighted by Gasteiger charge is 2.42. The molecule has 7 rings (SSSR count). The molecule has 0 bridgehead atoms. The number of piperidine rings is 1. The lowest BCUT2D eigenvalue weighted by molar-refractivity contribution is -0.0722. The van der Waals surface area contributed by atoms with Crippen molar-refractivity contribution in [2.24, 2.45) is 0 Å². The van der Waals surface area contributed by atoms with E-state index in [1.54, 1.807) is 31.3 Å². The Labute approximate surface area is 243 Å². The molecule has 0 amide bonds. The second-order valence-corrected chi connectivity index (χ2v) is 11.9. The van der Waals surface area contributed by atoms with Crippen molar-refractivity contribution in [2.45, 2.75) is 57.0 Å². The number of benzene rings is 1. The molecule has 4 unspecified atom stereocenters. The molecule has 2 fully saturated rings. The summed E-state index contributed by atoms with van der Waals surface area (Å²) in [7, 11) is 0. The minimum absolute atomic E-state index is 0.0802. The molecule has 0 spiro atoms. The first-order chi connectivity index (χ1) is 20.1. The molecule has 208 valence electrons. The zero-order valence-corrected chi connectivity index (χ0v) is 23.4. The van der Waals surface area contributed by atoms with Gasteiger partial charge in [0.05, 0.1) is 29.7 Å². The lowest BCUT2D eigenvalue weighted by Crippen LogP contribution is -2.35. The highest BCUT2D eigenvalue weighted by atomic mass is 35.5. The number of nitrogens with zero attached hydrogens (tertiary/aromatic N) is 4. The molecule has 4 aromatic rings. The summed E-state index contributed by atoms with van der Waals surface area (Å²) in [4.78, 5) is 23.8. The number of hydrogen-bond donors (Lipinski definition) is 1. The van der Waals surface area contributed by atoms with Crippen LogP contribution in [0.25, 0.3) is 10.3 Å². The number of para-hydroxylation sites is 1. The van der Waals surface area contributed by atoms with E-state index in [0.717, 1.165) is 24.4 Å². The molecule has 3 aliphatic heterocycles. The van der Waals surface area contributed by atoms with Crippen molar-refractivity contribution in [1.82, 2.24) is 19.4 Å². The number of aromatic carboxylic acids is 1. The van der Waals surface area contributed by atoms with Crippen LogP contribution in [-0.4, -0.2) is 56.3 Å². The Hall–Kier alpha value is -3.18. The topological polar surface area (TPSA) is 98.9 Å². The van der Waals surface area contributed by atoms with Crippen LogP contribution < -0.4 is 9.47 Å². The lowest BCUT2D eigenvalue weighted by Gasteiger charge is -2.33. The first kappa shape index (κ1) is 23.5. The lowest BCUT2D eigenvalue weighted by atomic mass is 9.88. The summed E-state index contributed by atoms with van der Waals surface area (Å²) >= 11 is 7.19. The number of imidazole rings is 1. The molecule has 3 aromatic heterocycles. The second kappa shape index (κ2) is 10.0. The molecule has 6 heterocycles. The van der Waals surface area contributed by atoms with Gasteiger partial charge in [0.1, 0.15) is 21.2 Å². The number of aromatic nitrogens is 3. The van der Waals surface area contributed by atoms with Crippen molar-refractivity contribution in [3.8, 4) is 11.5 Å². The Kier molecular flexibility index (Phi) is 5.89. The van der Waals surface area contributed by atoms with Gasteiger partial charge in [-0.3, -0.25) is 9.88 Å². The third-order valence-corrected chi connectivity index (χ3v) is 8.92. The van der Waals surface area contributed by atoms with Gasteiger partial charge in [-0.2, -0.15) is 0 Å². The van der Waals surface area contributed by atoms with Crippen LogP contribution in [0.15, 0.2) is 42.6 Å². The van der Waals surface area contributed by atoms with Crippen LogP contribution in [-0.2, 0) is 23.6 Å². The van der Waals surface area contributed by atoms with E-state index in [0.29, 0.717) is 65.2 Å². The van der Waals surface area contributed by atoms with Gasteiger partial charge < -0.3 is 23.9 Å². The number of halogens is 1. The van der Waals surface area contributed by atoms with Crippen LogP contribution in [0.4, 0.5) is 0 Å². The highest BCUT2D eigenvalue weighted by Crippen LogP contribution is 2.49. The average Bonchev–Trinajstić information content (AvgIpc) is 3.59. The molecule has 9 nitrogen and oxygen atoms in total. The van der Waals surface area contributed by atoms with Gasteiger partial charge in [0.2, 0.25) is 0 Å². The van der Waals surface area contributed by atoms with E-state index in [-0.39, 0.29) is 11.0 Å². The maximum absolute atomic E-state index is 11.6. The molecule has 40 heavy (non-hydrogen) atoms. The van der Waals surface area contributed by atoms with Gasteiger partial charge in [-0.05, 0) is 62.5 Å². The number of carboxylic acid groups (broad SMARTS) is 1. The highest BCUT2D eigenvalue weighted by molar-refractivity contribution is 7.20.